The van der Waals surface area contributed by atoms with Crippen molar-refractivity contribution in [3.8, 4) is 5.75 Å². The molecule has 2 atom stereocenters. The van der Waals surface area contributed by atoms with E-state index in [1.54, 1.807) is 7.11 Å². The number of hydrogen-bond acceptors (Lipinski definition) is 3. The van der Waals surface area contributed by atoms with Gasteiger partial charge in [0.2, 0.25) is 5.91 Å². The number of nitrogens with one attached hydrogen (secondary N) is 1. The van der Waals surface area contributed by atoms with Crippen molar-refractivity contribution in [2.75, 3.05) is 13.7 Å². The molecule has 0 aliphatic rings. The SMILES string of the molecule is COc1ccccc1C(C)NC(=O)C[C@@H](CN)CC(C)C. The van der Waals surface area contributed by atoms with Crippen LogP contribution in [0.5, 0.6) is 5.75 Å². The molecule has 3 N–H and O–H groups in total. The highest BCUT2D eigenvalue weighted by Crippen LogP contribution is 2.24. The quantitative estimate of drug-likeness (QED) is 0.774. The molecule has 0 aliphatic heterocycles. The van der Waals surface area contributed by atoms with E-state index in [1.807, 2.05) is 31.2 Å². The van der Waals surface area contributed by atoms with E-state index in [-0.39, 0.29) is 17.9 Å². The van der Waals surface area contributed by atoms with Crippen LogP contribution in [0.25, 0.3) is 0 Å². The monoisotopic (exact) mass is 292 g/mol. The average Bonchev–Trinajstić information content (AvgIpc) is 2.45. The van der Waals surface area contributed by atoms with Crippen LogP contribution in [0.4, 0.5) is 0 Å². The predicted molar refractivity (Wildman–Crippen MR) is 86.2 cm³/mol. The number of nitrogens with two attached hydrogens (primary N) is 1. The zero-order valence-electron chi connectivity index (χ0n) is 13.6. The minimum atomic E-state index is -0.0777. The lowest BCUT2D eigenvalue weighted by Crippen LogP contribution is -2.31. The standard InChI is InChI=1S/C17H28N2O2/c1-12(2)9-14(11-18)10-17(20)19-13(3)15-7-5-6-8-16(15)21-4/h5-8,12-14H,9-11,18H2,1-4H3,(H,19,20)/t13?,14-/m0/s1. The molecule has 0 bridgehead atoms. The normalized spacial score (nSPS) is 13.8. The van der Waals surface area contributed by atoms with Crippen LogP contribution in [0.1, 0.15) is 45.2 Å². The fourth-order valence-corrected chi connectivity index (χ4v) is 2.59. The van der Waals surface area contributed by atoms with Gasteiger partial charge < -0.3 is 15.8 Å². The van der Waals surface area contributed by atoms with Crippen LogP contribution >= 0.6 is 0 Å². The van der Waals surface area contributed by atoms with Crippen LogP contribution in [0.2, 0.25) is 0 Å². The Hall–Kier alpha value is -1.55. The third-order valence-electron chi connectivity index (χ3n) is 3.60. The summed E-state index contributed by atoms with van der Waals surface area (Å²) < 4.78 is 5.33. The Morgan fingerprint density at radius 1 is 1.29 bits per heavy atom. The van der Waals surface area contributed by atoms with Gasteiger partial charge in [-0.3, -0.25) is 4.79 Å². The second-order valence-corrected chi connectivity index (χ2v) is 5.97. The molecule has 0 saturated carbocycles. The van der Waals surface area contributed by atoms with Crippen LogP contribution < -0.4 is 15.8 Å². The van der Waals surface area contributed by atoms with Gasteiger partial charge in [0.25, 0.3) is 0 Å². The number of carbonyl (C=O) groups is 1. The maximum absolute atomic E-state index is 12.2. The number of methoxy groups -OCH3 is 1. The summed E-state index contributed by atoms with van der Waals surface area (Å²) in [5.41, 5.74) is 6.74. The molecule has 1 rings (SSSR count). The number of amides is 1. The maximum atomic E-state index is 12.2. The Bertz CT molecular complexity index is 446. The van der Waals surface area contributed by atoms with Crippen molar-refractivity contribution < 1.29 is 9.53 Å². The highest BCUT2D eigenvalue weighted by Gasteiger charge is 2.17. The van der Waals surface area contributed by atoms with Crippen LogP contribution in [-0.2, 0) is 4.79 Å². The summed E-state index contributed by atoms with van der Waals surface area (Å²) in [6.45, 7) is 6.82. The third-order valence-corrected chi connectivity index (χ3v) is 3.60. The van der Waals surface area contributed by atoms with E-state index in [1.165, 1.54) is 0 Å². The van der Waals surface area contributed by atoms with E-state index < -0.39 is 0 Å². The predicted octanol–water partition coefficient (Wildman–Crippen LogP) is 2.88. The first-order valence-corrected chi connectivity index (χ1v) is 7.60. The molecule has 0 aliphatic carbocycles. The van der Waals surface area contributed by atoms with Crippen LogP contribution in [-0.4, -0.2) is 19.6 Å². The van der Waals surface area contributed by atoms with E-state index in [2.05, 4.69) is 19.2 Å². The summed E-state index contributed by atoms with van der Waals surface area (Å²) in [5.74, 6) is 1.64. The zero-order chi connectivity index (χ0) is 15.8. The van der Waals surface area contributed by atoms with E-state index in [0.29, 0.717) is 18.9 Å². The number of hydrogen-bond donors (Lipinski definition) is 2. The highest BCUT2D eigenvalue weighted by molar-refractivity contribution is 5.76. The molecule has 21 heavy (non-hydrogen) atoms. The lowest BCUT2D eigenvalue weighted by Gasteiger charge is -2.20. The molecule has 0 radical (unpaired) electrons. The van der Waals surface area contributed by atoms with Crippen molar-refractivity contribution >= 4 is 5.91 Å². The van der Waals surface area contributed by atoms with Gasteiger partial charge in [-0.25, -0.2) is 0 Å². The first kappa shape index (κ1) is 17.5. The molecular weight excluding hydrogens is 264 g/mol. The van der Waals surface area contributed by atoms with Crippen molar-refractivity contribution in [3.63, 3.8) is 0 Å². The lowest BCUT2D eigenvalue weighted by molar-refractivity contribution is -0.122. The summed E-state index contributed by atoms with van der Waals surface area (Å²) in [6.07, 6.45) is 1.46. The van der Waals surface area contributed by atoms with E-state index >= 15 is 0 Å². The van der Waals surface area contributed by atoms with E-state index in [9.17, 15) is 4.79 Å². The molecule has 1 amide bonds. The second kappa shape index (κ2) is 8.67. The Morgan fingerprint density at radius 2 is 1.95 bits per heavy atom. The van der Waals surface area contributed by atoms with Crippen molar-refractivity contribution in [2.45, 2.75) is 39.7 Å². The van der Waals surface area contributed by atoms with Gasteiger partial charge in [-0.1, -0.05) is 32.0 Å². The number of para-hydroxylation sites is 1. The largest absolute Gasteiger partial charge is 0.496 e. The van der Waals surface area contributed by atoms with Crippen LogP contribution in [0.3, 0.4) is 0 Å². The minimum Gasteiger partial charge on any atom is -0.496 e. The molecule has 0 saturated heterocycles. The van der Waals surface area contributed by atoms with Gasteiger partial charge in [0.1, 0.15) is 5.75 Å². The van der Waals surface area contributed by atoms with Crippen molar-refractivity contribution in [2.24, 2.45) is 17.6 Å². The fourth-order valence-electron chi connectivity index (χ4n) is 2.59. The summed E-state index contributed by atoms with van der Waals surface area (Å²) in [4.78, 5) is 12.2. The number of ether oxygens (including phenoxy) is 1. The third kappa shape index (κ3) is 5.76. The number of benzene rings is 1. The molecule has 0 spiro atoms. The van der Waals surface area contributed by atoms with Gasteiger partial charge in [0.05, 0.1) is 13.2 Å². The highest BCUT2D eigenvalue weighted by atomic mass is 16.5. The maximum Gasteiger partial charge on any atom is 0.220 e. The molecule has 1 aromatic rings. The van der Waals surface area contributed by atoms with Crippen molar-refractivity contribution in [3.05, 3.63) is 29.8 Å². The minimum absolute atomic E-state index is 0.0458. The number of carbonyl (C=O) groups excluding carboxylic acids is 1. The van der Waals surface area contributed by atoms with Gasteiger partial charge in [0.15, 0.2) is 0 Å². The molecule has 4 nitrogen and oxygen atoms in total. The Labute approximate surface area is 128 Å². The molecular formula is C17H28N2O2. The molecule has 0 aromatic heterocycles. The van der Waals surface area contributed by atoms with Crippen LogP contribution in [0.15, 0.2) is 24.3 Å². The summed E-state index contributed by atoms with van der Waals surface area (Å²) in [6, 6.07) is 7.66. The fraction of sp³-hybridized carbons (Fsp3) is 0.588. The van der Waals surface area contributed by atoms with Crippen molar-refractivity contribution in [1.82, 2.24) is 5.32 Å². The molecule has 4 heteroatoms. The molecule has 0 heterocycles. The number of rotatable bonds is 8. The zero-order valence-corrected chi connectivity index (χ0v) is 13.6. The Kier molecular flexibility index (Phi) is 7.23. The summed E-state index contributed by atoms with van der Waals surface area (Å²) in [7, 11) is 1.64. The Balaban J connectivity index is 2.61. The summed E-state index contributed by atoms with van der Waals surface area (Å²) in [5, 5.41) is 3.03. The van der Waals surface area contributed by atoms with Gasteiger partial charge >= 0.3 is 0 Å². The van der Waals surface area contributed by atoms with E-state index in [4.69, 9.17) is 10.5 Å². The smallest absolute Gasteiger partial charge is 0.220 e. The second-order valence-electron chi connectivity index (χ2n) is 5.97. The van der Waals surface area contributed by atoms with Crippen LogP contribution in [0, 0.1) is 11.8 Å². The first-order chi connectivity index (χ1) is 9.97. The van der Waals surface area contributed by atoms with Crippen molar-refractivity contribution in [1.29, 1.82) is 0 Å². The van der Waals surface area contributed by atoms with E-state index in [0.717, 1.165) is 17.7 Å². The Morgan fingerprint density at radius 3 is 2.52 bits per heavy atom. The van der Waals surface area contributed by atoms with Gasteiger partial charge in [-0.2, -0.15) is 0 Å². The first-order valence-electron chi connectivity index (χ1n) is 7.60. The molecule has 118 valence electrons. The lowest BCUT2D eigenvalue weighted by atomic mass is 9.94. The average molecular weight is 292 g/mol. The van der Waals surface area contributed by atoms with Gasteiger partial charge in [-0.15, -0.1) is 0 Å². The van der Waals surface area contributed by atoms with Gasteiger partial charge in [-0.05, 0) is 37.8 Å². The van der Waals surface area contributed by atoms with Gasteiger partial charge in [0, 0.05) is 12.0 Å². The molecule has 1 unspecified atom stereocenters. The molecule has 0 fully saturated rings. The molecule has 1 aromatic carbocycles. The summed E-state index contributed by atoms with van der Waals surface area (Å²) >= 11 is 0. The topological polar surface area (TPSA) is 64.3 Å².